The van der Waals surface area contributed by atoms with Crippen molar-refractivity contribution < 1.29 is 12.9 Å². The minimum atomic E-state index is -3.56. The standard InChI is InChI=1S/C12H16N4O3S/c1-8-7-10(13)3-4-11(8)20(17,18)14-6-5-12-15-9(2)19-16-12/h3-4,7,14H,5-6,13H2,1-2H3. The van der Waals surface area contributed by atoms with Gasteiger partial charge in [0.2, 0.25) is 15.9 Å². The zero-order chi connectivity index (χ0) is 14.8. The maximum absolute atomic E-state index is 12.1. The topological polar surface area (TPSA) is 111 Å². The fourth-order valence-corrected chi connectivity index (χ4v) is 3.05. The van der Waals surface area contributed by atoms with Crippen molar-refractivity contribution in [3.05, 3.63) is 35.5 Å². The van der Waals surface area contributed by atoms with Crippen LogP contribution in [0.3, 0.4) is 0 Å². The van der Waals surface area contributed by atoms with Crippen LogP contribution in [0.2, 0.25) is 0 Å². The number of sulfonamides is 1. The molecule has 7 nitrogen and oxygen atoms in total. The lowest BCUT2D eigenvalue weighted by Crippen LogP contribution is -2.26. The monoisotopic (exact) mass is 296 g/mol. The van der Waals surface area contributed by atoms with Crippen molar-refractivity contribution in [2.24, 2.45) is 0 Å². The molecule has 0 saturated carbocycles. The van der Waals surface area contributed by atoms with Gasteiger partial charge in [-0.1, -0.05) is 5.16 Å². The van der Waals surface area contributed by atoms with Crippen LogP contribution in [0.25, 0.3) is 0 Å². The number of anilines is 1. The van der Waals surface area contributed by atoms with Gasteiger partial charge in [0.1, 0.15) is 0 Å². The van der Waals surface area contributed by atoms with Gasteiger partial charge in [-0.25, -0.2) is 13.1 Å². The Balaban J connectivity index is 2.04. The summed E-state index contributed by atoms with van der Waals surface area (Å²) in [5.74, 6) is 0.927. The molecular formula is C12H16N4O3S. The van der Waals surface area contributed by atoms with Crippen molar-refractivity contribution in [1.29, 1.82) is 0 Å². The molecule has 20 heavy (non-hydrogen) atoms. The van der Waals surface area contributed by atoms with Gasteiger partial charge in [0, 0.05) is 25.6 Å². The molecule has 2 rings (SSSR count). The molecule has 3 N–H and O–H groups in total. The lowest BCUT2D eigenvalue weighted by Gasteiger charge is -2.09. The van der Waals surface area contributed by atoms with Crippen molar-refractivity contribution in [1.82, 2.24) is 14.9 Å². The Hall–Kier alpha value is -1.93. The van der Waals surface area contributed by atoms with Crippen molar-refractivity contribution in [2.75, 3.05) is 12.3 Å². The molecule has 0 aliphatic heterocycles. The van der Waals surface area contributed by atoms with E-state index >= 15 is 0 Å². The second-order valence-electron chi connectivity index (χ2n) is 4.40. The third-order valence-corrected chi connectivity index (χ3v) is 4.32. The van der Waals surface area contributed by atoms with Crippen LogP contribution in [-0.4, -0.2) is 25.1 Å². The van der Waals surface area contributed by atoms with Crippen molar-refractivity contribution in [3.63, 3.8) is 0 Å². The molecule has 8 heteroatoms. The van der Waals surface area contributed by atoms with Crippen molar-refractivity contribution >= 4 is 15.7 Å². The van der Waals surface area contributed by atoms with Crippen LogP contribution in [0, 0.1) is 13.8 Å². The summed E-state index contributed by atoms with van der Waals surface area (Å²) in [7, 11) is -3.56. The molecule has 0 unspecified atom stereocenters. The number of nitrogens with zero attached hydrogens (tertiary/aromatic N) is 2. The molecule has 0 fully saturated rings. The van der Waals surface area contributed by atoms with E-state index in [9.17, 15) is 8.42 Å². The van der Waals surface area contributed by atoms with Gasteiger partial charge < -0.3 is 10.3 Å². The van der Waals surface area contributed by atoms with E-state index in [-0.39, 0.29) is 11.4 Å². The Morgan fingerprint density at radius 2 is 2.10 bits per heavy atom. The second-order valence-corrected chi connectivity index (χ2v) is 6.14. The number of nitrogens with two attached hydrogens (primary N) is 1. The average molecular weight is 296 g/mol. The zero-order valence-electron chi connectivity index (χ0n) is 11.3. The third-order valence-electron chi connectivity index (χ3n) is 2.70. The van der Waals surface area contributed by atoms with Gasteiger partial charge in [0.25, 0.3) is 0 Å². The molecule has 0 saturated heterocycles. The highest BCUT2D eigenvalue weighted by molar-refractivity contribution is 7.89. The first kappa shape index (κ1) is 14.5. The quantitative estimate of drug-likeness (QED) is 0.789. The fourth-order valence-electron chi connectivity index (χ4n) is 1.79. The molecule has 0 spiro atoms. The van der Waals surface area contributed by atoms with E-state index in [0.29, 0.717) is 29.4 Å². The first-order chi connectivity index (χ1) is 9.38. The highest BCUT2D eigenvalue weighted by atomic mass is 32.2. The van der Waals surface area contributed by atoms with E-state index in [1.807, 2.05) is 0 Å². The molecule has 0 bridgehead atoms. The molecule has 108 valence electrons. The molecule has 1 aromatic carbocycles. The minimum Gasteiger partial charge on any atom is -0.399 e. The van der Waals surface area contributed by atoms with Gasteiger partial charge in [-0.15, -0.1) is 0 Å². The summed E-state index contributed by atoms with van der Waals surface area (Å²) in [5, 5.41) is 3.70. The highest BCUT2D eigenvalue weighted by Crippen LogP contribution is 2.17. The average Bonchev–Trinajstić information content (AvgIpc) is 2.74. The summed E-state index contributed by atoms with van der Waals surface area (Å²) in [6.45, 7) is 3.58. The van der Waals surface area contributed by atoms with Gasteiger partial charge in [0.05, 0.1) is 4.90 Å². The lowest BCUT2D eigenvalue weighted by molar-refractivity contribution is 0.387. The molecular weight excluding hydrogens is 280 g/mol. The van der Waals surface area contributed by atoms with Crippen molar-refractivity contribution in [3.8, 4) is 0 Å². The van der Waals surface area contributed by atoms with E-state index in [1.165, 1.54) is 6.07 Å². The van der Waals surface area contributed by atoms with E-state index in [1.54, 1.807) is 26.0 Å². The first-order valence-corrected chi connectivity index (χ1v) is 7.52. The SMILES string of the molecule is Cc1nc(CCNS(=O)(=O)c2ccc(N)cc2C)no1. The van der Waals surface area contributed by atoms with Gasteiger partial charge in [0.15, 0.2) is 5.82 Å². The predicted molar refractivity (Wildman–Crippen MR) is 73.5 cm³/mol. The maximum Gasteiger partial charge on any atom is 0.240 e. The number of rotatable bonds is 5. The van der Waals surface area contributed by atoms with Gasteiger partial charge in [-0.05, 0) is 30.7 Å². The number of aromatic nitrogens is 2. The Morgan fingerprint density at radius 3 is 2.70 bits per heavy atom. The molecule has 1 heterocycles. The Kier molecular flexibility index (Phi) is 4.05. The molecule has 1 aromatic heterocycles. The second kappa shape index (κ2) is 5.59. The largest absolute Gasteiger partial charge is 0.399 e. The van der Waals surface area contributed by atoms with E-state index in [2.05, 4.69) is 14.9 Å². The van der Waals surface area contributed by atoms with Crippen molar-refractivity contribution in [2.45, 2.75) is 25.2 Å². The molecule has 0 aliphatic rings. The Morgan fingerprint density at radius 1 is 1.35 bits per heavy atom. The number of hydrogen-bond donors (Lipinski definition) is 2. The van der Waals surface area contributed by atoms with Crippen LogP contribution in [0.15, 0.2) is 27.6 Å². The lowest BCUT2D eigenvalue weighted by atomic mass is 10.2. The number of nitrogen functional groups attached to an aromatic ring is 1. The molecule has 0 atom stereocenters. The predicted octanol–water partition coefficient (Wildman–Crippen LogP) is 0.790. The number of hydrogen-bond acceptors (Lipinski definition) is 6. The fraction of sp³-hybridized carbons (Fsp3) is 0.333. The normalized spacial score (nSPS) is 11.7. The van der Waals surface area contributed by atoms with Gasteiger partial charge in [-0.2, -0.15) is 4.98 Å². The van der Waals surface area contributed by atoms with Crippen LogP contribution in [0.5, 0.6) is 0 Å². The van der Waals surface area contributed by atoms with Crippen LogP contribution < -0.4 is 10.5 Å². The zero-order valence-corrected chi connectivity index (χ0v) is 12.1. The molecule has 0 aliphatic carbocycles. The number of benzene rings is 1. The van der Waals surface area contributed by atoms with E-state index < -0.39 is 10.0 Å². The summed E-state index contributed by atoms with van der Waals surface area (Å²) < 4.78 is 31.6. The third kappa shape index (κ3) is 3.34. The summed E-state index contributed by atoms with van der Waals surface area (Å²) in [4.78, 5) is 4.22. The summed E-state index contributed by atoms with van der Waals surface area (Å²) in [6, 6.07) is 4.67. The minimum absolute atomic E-state index is 0.200. The van der Waals surface area contributed by atoms with Crippen LogP contribution in [-0.2, 0) is 16.4 Å². The van der Waals surface area contributed by atoms with Crippen LogP contribution in [0.4, 0.5) is 5.69 Å². The van der Waals surface area contributed by atoms with Gasteiger partial charge >= 0.3 is 0 Å². The molecule has 2 aromatic rings. The van der Waals surface area contributed by atoms with Gasteiger partial charge in [-0.3, -0.25) is 0 Å². The smallest absolute Gasteiger partial charge is 0.240 e. The number of aryl methyl sites for hydroxylation is 2. The van der Waals surface area contributed by atoms with E-state index in [0.717, 1.165) is 0 Å². The summed E-state index contributed by atoms with van der Waals surface area (Å²) in [6.07, 6.45) is 0.366. The maximum atomic E-state index is 12.1. The summed E-state index contributed by atoms with van der Waals surface area (Å²) in [5.41, 5.74) is 6.74. The van der Waals surface area contributed by atoms with Crippen LogP contribution >= 0.6 is 0 Å². The van der Waals surface area contributed by atoms with E-state index in [4.69, 9.17) is 10.3 Å². The highest BCUT2D eigenvalue weighted by Gasteiger charge is 2.16. The Bertz CT molecular complexity index is 709. The molecule has 0 radical (unpaired) electrons. The summed E-state index contributed by atoms with van der Waals surface area (Å²) >= 11 is 0. The molecule has 0 amide bonds. The number of nitrogens with one attached hydrogen (secondary N) is 1. The Labute approximate surface area is 117 Å². The first-order valence-electron chi connectivity index (χ1n) is 6.03. The van der Waals surface area contributed by atoms with Crippen LogP contribution in [0.1, 0.15) is 17.3 Å².